The van der Waals surface area contributed by atoms with Crippen molar-refractivity contribution in [3.63, 3.8) is 0 Å². The van der Waals surface area contributed by atoms with E-state index in [4.69, 9.17) is 0 Å². The number of aromatic nitrogens is 2. The topological polar surface area (TPSA) is 84.3 Å². The third-order valence-corrected chi connectivity index (χ3v) is 5.27. The number of hydrogen-bond donors (Lipinski definition) is 1. The van der Waals surface area contributed by atoms with E-state index in [1.807, 2.05) is 6.92 Å². The molecule has 0 bridgehead atoms. The Kier molecular flexibility index (Phi) is 7.87. The molecule has 174 valence electrons. The smallest absolute Gasteiger partial charge is 0.275 e. The first-order valence-electron chi connectivity index (χ1n) is 10.9. The van der Waals surface area contributed by atoms with Crippen molar-refractivity contribution in [2.24, 2.45) is 0 Å². The van der Waals surface area contributed by atoms with E-state index < -0.39 is 35.7 Å². The van der Waals surface area contributed by atoms with Gasteiger partial charge >= 0.3 is 0 Å². The van der Waals surface area contributed by atoms with Crippen molar-refractivity contribution in [1.82, 2.24) is 14.7 Å². The fourth-order valence-corrected chi connectivity index (χ4v) is 3.50. The van der Waals surface area contributed by atoms with Gasteiger partial charge in [0.25, 0.3) is 11.5 Å². The minimum Gasteiger partial charge on any atom is -0.328 e. The van der Waals surface area contributed by atoms with E-state index in [-0.39, 0.29) is 17.8 Å². The molecule has 3 aromatic rings. The predicted molar refractivity (Wildman–Crippen MR) is 122 cm³/mol. The molecule has 33 heavy (non-hydrogen) atoms. The molecule has 0 aliphatic carbocycles. The van der Waals surface area contributed by atoms with Crippen LogP contribution in [0.1, 0.15) is 43.6 Å². The number of halogens is 2. The molecule has 0 radical (unpaired) electrons. The van der Waals surface area contributed by atoms with Gasteiger partial charge in [-0.1, -0.05) is 44.0 Å². The van der Waals surface area contributed by atoms with Gasteiger partial charge in [-0.25, -0.2) is 13.5 Å². The number of amides is 2. The molecule has 0 fully saturated rings. The normalized spacial score (nSPS) is 10.9. The molecule has 2 amide bonds. The minimum absolute atomic E-state index is 0.0495. The van der Waals surface area contributed by atoms with Crippen LogP contribution in [-0.2, 0) is 11.3 Å². The van der Waals surface area contributed by atoms with Gasteiger partial charge in [0.2, 0.25) is 5.91 Å². The Bertz CT molecular complexity index is 1210. The summed E-state index contributed by atoms with van der Waals surface area (Å²) in [5.74, 6) is -3.13. The number of hydrogen-bond acceptors (Lipinski definition) is 4. The highest BCUT2D eigenvalue weighted by molar-refractivity contribution is 6.06. The number of nitrogens with zero attached hydrogens (tertiary/aromatic N) is 3. The Labute approximate surface area is 190 Å². The quantitative estimate of drug-likeness (QED) is 0.494. The van der Waals surface area contributed by atoms with Crippen LogP contribution < -0.4 is 10.9 Å². The van der Waals surface area contributed by atoms with Crippen LogP contribution in [0.4, 0.5) is 14.5 Å². The van der Waals surface area contributed by atoms with Gasteiger partial charge in [0, 0.05) is 18.5 Å². The van der Waals surface area contributed by atoms with Gasteiger partial charge in [-0.05, 0) is 31.5 Å². The largest absolute Gasteiger partial charge is 0.328 e. The van der Waals surface area contributed by atoms with Gasteiger partial charge < -0.3 is 10.2 Å². The second kappa shape index (κ2) is 10.8. The van der Waals surface area contributed by atoms with Gasteiger partial charge in [-0.2, -0.15) is 5.10 Å². The molecule has 0 aliphatic heterocycles. The lowest BCUT2D eigenvalue weighted by Gasteiger charge is -2.21. The van der Waals surface area contributed by atoms with Crippen LogP contribution >= 0.6 is 0 Å². The van der Waals surface area contributed by atoms with Crippen LogP contribution in [0.15, 0.2) is 47.3 Å². The molecule has 1 heterocycles. The van der Waals surface area contributed by atoms with Crippen LogP contribution in [0.3, 0.4) is 0 Å². The number of likely N-dealkylation sites (N-methyl/N-ethyl adjacent to an activating group) is 1. The van der Waals surface area contributed by atoms with E-state index in [0.717, 1.165) is 31.4 Å². The Morgan fingerprint density at radius 2 is 1.67 bits per heavy atom. The van der Waals surface area contributed by atoms with Crippen molar-refractivity contribution in [2.75, 3.05) is 18.4 Å². The van der Waals surface area contributed by atoms with Gasteiger partial charge in [0.1, 0.15) is 23.9 Å². The molecule has 0 aliphatic rings. The third kappa shape index (κ3) is 5.42. The number of nitrogens with one attached hydrogen (secondary N) is 1. The van der Waals surface area contributed by atoms with Crippen LogP contribution in [-0.4, -0.2) is 39.6 Å². The molecule has 0 atom stereocenters. The fraction of sp³-hybridized carbons (Fsp3) is 0.333. The van der Waals surface area contributed by atoms with E-state index >= 15 is 0 Å². The Morgan fingerprint density at radius 1 is 1.00 bits per heavy atom. The molecule has 1 aromatic heterocycles. The van der Waals surface area contributed by atoms with E-state index in [2.05, 4.69) is 10.4 Å². The molecule has 1 N–H and O–H groups in total. The average molecular weight is 456 g/mol. The van der Waals surface area contributed by atoms with Crippen molar-refractivity contribution in [1.29, 1.82) is 0 Å². The van der Waals surface area contributed by atoms with E-state index in [1.54, 1.807) is 31.2 Å². The van der Waals surface area contributed by atoms with Crippen molar-refractivity contribution in [3.05, 3.63) is 70.1 Å². The maximum absolute atomic E-state index is 13.9. The molecule has 2 aromatic carbocycles. The molecule has 3 rings (SSSR count). The summed E-state index contributed by atoms with van der Waals surface area (Å²) in [6.45, 7) is 3.80. The first-order chi connectivity index (χ1) is 15.9. The Balaban J connectivity index is 1.90. The molecule has 0 saturated heterocycles. The summed E-state index contributed by atoms with van der Waals surface area (Å²) in [4.78, 5) is 39.8. The number of benzene rings is 2. The number of para-hydroxylation sites is 1. The van der Waals surface area contributed by atoms with Crippen LogP contribution in [0, 0.1) is 11.6 Å². The number of aryl methyl sites for hydroxylation is 1. The highest BCUT2D eigenvalue weighted by atomic mass is 19.1. The van der Waals surface area contributed by atoms with E-state index in [1.165, 1.54) is 15.6 Å². The molecule has 9 heteroatoms. The van der Waals surface area contributed by atoms with E-state index in [9.17, 15) is 23.2 Å². The van der Waals surface area contributed by atoms with Crippen LogP contribution in [0.25, 0.3) is 10.8 Å². The van der Waals surface area contributed by atoms with Crippen molar-refractivity contribution in [2.45, 2.75) is 39.7 Å². The summed E-state index contributed by atoms with van der Waals surface area (Å²) in [7, 11) is 0. The summed E-state index contributed by atoms with van der Waals surface area (Å²) in [6, 6.07) is 9.92. The van der Waals surface area contributed by atoms with Gasteiger partial charge in [0.05, 0.1) is 5.39 Å². The molecular formula is C24H26F2N4O3. The SMILES string of the molecule is CCCCCn1nc(C(=O)N(CC)CC(=O)Nc2c(F)cccc2F)c2ccccc2c1=O. The zero-order valence-corrected chi connectivity index (χ0v) is 18.6. The predicted octanol–water partition coefficient (Wildman–Crippen LogP) is 3.97. The standard InChI is InChI=1S/C24H26F2N4O3/c1-3-5-8-14-30-23(32)17-11-7-6-10-16(17)21(28-30)24(33)29(4-2)15-20(31)27-22-18(25)12-9-13-19(22)26/h6-7,9-13H,3-5,8,14-15H2,1-2H3,(H,27,31). The average Bonchev–Trinajstić information content (AvgIpc) is 2.81. The molecule has 0 saturated carbocycles. The summed E-state index contributed by atoms with van der Waals surface area (Å²) >= 11 is 0. The molecular weight excluding hydrogens is 430 g/mol. The third-order valence-electron chi connectivity index (χ3n) is 5.27. The van der Waals surface area contributed by atoms with Crippen LogP contribution in [0.2, 0.25) is 0 Å². The van der Waals surface area contributed by atoms with Crippen molar-refractivity contribution < 1.29 is 18.4 Å². The molecule has 0 spiro atoms. The second-order valence-corrected chi connectivity index (χ2v) is 7.59. The maximum atomic E-state index is 13.9. The number of fused-ring (bicyclic) bond motifs is 1. The van der Waals surface area contributed by atoms with Crippen LogP contribution in [0.5, 0.6) is 0 Å². The first-order valence-corrected chi connectivity index (χ1v) is 10.9. The fourth-order valence-electron chi connectivity index (χ4n) is 3.50. The number of anilines is 1. The minimum atomic E-state index is -0.912. The lowest BCUT2D eigenvalue weighted by atomic mass is 10.1. The number of unbranched alkanes of at least 4 members (excludes halogenated alkanes) is 2. The highest BCUT2D eigenvalue weighted by Crippen LogP contribution is 2.19. The Morgan fingerprint density at radius 3 is 2.30 bits per heavy atom. The van der Waals surface area contributed by atoms with Crippen molar-refractivity contribution >= 4 is 28.3 Å². The highest BCUT2D eigenvalue weighted by Gasteiger charge is 2.24. The van der Waals surface area contributed by atoms with Gasteiger partial charge in [0.15, 0.2) is 5.69 Å². The molecule has 7 nitrogen and oxygen atoms in total. The first kappa shape index (κ1) is 24.0. The van der Waals surface area contributed by atoms with Crippen molar-refractivity contribution in [3.8, 4) is 0 Å². The maximum Gasteiger partial charge on any atom is 0.275 e. The lowest BCUT2D eigenvalue weighted by molar-refractivity contribution is -0.116. The van der Waals surface area contributed by atoms with Gasteiger partial charge in [-0.3, -0.25) is 14.4 Å². The lowest BCUT2D eigenvalue weighted by Crippen LogP contribution is -2.39. The van der Waals surface area contributed by atoms with E-state index in [0.29, 0.717) is 17.3 Å². The Hall–Kier alpha value is -3.62. The monoisotopic (exact) mass is 456 g/mol. The second-order valence-electron chi connectivity index (χ2n) is 7.59. The number of carbonyl (C=O) groups is 2. The summed E-state index contributed by atoms with van der Waals surface area (Å²) in [5, 5.41) is 7.25. The summed E-state index contributed by atoms with van der Waals surface area (Å²) in [5.41, 5.74) is -0.804. The molecule has 0 unspecified atom stereocenters. The zero-order valence-electron chi connectivity index (χ0n) is 18.6. The number of rotatable bonds is 9. The summed E-state index contributed by atoms with van der Waals surface area (Å²) < 4.78 is 29.0. The number of carbonyl (C=O) groups excluding carboxylic acids is 2. The summed E-state index contributed by atoms with van der Waals surface area (Å²) in [6.07, 6.45) is 2.62. The zero-order chi connectivity index (χ0) is 24.0. The van der Waals surface area contributed by atoms with Gasteiger partial charge in [-0.15, -0.1) is 0 Å².